The van der Waals surface area contributed by atoms with Gasteiger partial charge in [0.05, 0.1) is 17.3 Å². The Balaban J connectivity index is 1.74. The van der Waals surface area contributed by atoms with E-state index >= 15 is 0 Å². The number of ether oxygens (including phenoxy) is 2. The normalized spacial score (nSPS) is 14.7. The van der Waals surface area contributed by atoms with Crippen LogP contribution in [0, 0.1) is 6.92 Å². The van der Waals surface area contributed by atoms with Crippen LogP contribution >= 0.6 is 0 Å². The minimum absolute atomic E-state index is 0.217. The summed E-state index contributed by atoms with van der Waals surface area (Å²) in [6.45, 7) is 7.72. The van der Waals surface area contributed by atoms with Crippen LogP contribution in [-0.4, -0.2) is 51.8 Å². The molecule has 1 aromatic heterocycles. The van der Waals surface area contributed by atoms with Gasteiger partial charge < -0.3 is 19.5 Å². The minimum Gasteiger partial charge on any atom is -0.490 e. The average Bonchev–Trinajstić information content (AvgIpc) is 3.46. The zero-order chi connectivity index (χ0) is 22.1. The molecule has 1 fully saturated rings. The van der Waals surface area contributed by atoms with Gasteiger partial charge in [-0.15, -0.1) is 0 Å². The summed E-state index contributed by atoms with van der Waals surface area (Å²) in [5.74, 6) is -0.407. The third-order valence-corrected chi connectivity index (χ3v) is 5.20. The Morgan fingerprint density at radius 1 is 1.23 bits per heavy atom. The SMILES string of the molecule is Cc1ncc(OCC2(N(C)C(=O)OC(C)(C)C)CC2)cc1-c1cccc(C(=O)O)c1. The van der Waals surface area contributed by atoms with Crippen molar-refractivity contribution in [1.29, 1.82) is 0 Å². The van der Waals surface area contributed by atoms with E-state index in [4.69, 9.17) is 9.47 Å². The van der Waals surface area contributed by atoms with Gasteiger partial charge in [-0.3, -0.25) is 4.98 Å². The molecule has 0 radical (unpaired) electrons. The summed E-state index contributed by atoms with van der Waals surface area (Å²) in [6, 6.07) is 8.58. The van der Waals surface area contributed by atoms with Gasteiger partial charge >= 0.3 is 12.1 Å². The first-order valence-electron chi connectivity index (χ1n) is 9.91. The predicted octanol–water partition coefficient (Wildman–Crippen LogP) is 4.53. The largest absolute Gasteiger partial charge is 0.490 e. The number of rotatable bonds is 6. The molecule has 0 aliphatic heterocycles. The van der Waals surface area contributed by atoms with Crippen LogP contribution in [0.4, 0.5) is 4.79 Å². The molecule has 1 amide bonds. The van der Waals surface area contributed by atoms with Crippen LogP contribution < -0.4 is 4.74 Å². The highest BCUT2D eigenvalue weighted by Crippen LogP contribution is 2.42. The summed E-state index contributed by atoms with van der Waals surface area (Å²) in [7, 11) is 1.74. The molecule has 0 atom stereocenters. The fourth-order valence-electron chi connectivity index (χ4n) is 3.17. The number of nitrogens with zero attached hydrogens (tertiary/aromatic N) is 2. The van der Waals surface area contributed by atoms with E-state index in [1.54, 1.807) is 36.3 Å². The number of likely N-dealkylation sites (N-methyl/N-ethyl adjacent to an activating group) is 1. The number of aromatic carboxylic acids is 1. The van der Waals surface area contributed by atoms with Crippen LogP contribution in [0.2, 0.25) is 0 Å². The van der Waals surface area contributed by atoms with Gasteiger partial charge in [0.2, 0.25) is 0 Å². The van der Waals surface area contributed by atoms with Gasteiger partial charge in [0.1, 0.15) is 18.0 Å². The van der Waals surface area contributed by atoms with Gasteiger partial charge in [0.25, 0.3) is 0 Å². The van der Waals surface area contributed by atoms with E-state index in [-0.39, 0.29) is 17.2 Å². The zero-order valence-electron chi connectivity index (χ0n) is 18.1. The molecule has 1 N–H and O–H groups in total. The molecule has 0 spiro atoms. The molecular formula is C23H28N2O5. The van der Waals surface area contributed by atoms with Crippen LogP contribution in [0.5, 0.6) is 5.75 Å². The molecule has 1 aromatic carbocycles. The van der Waals surface area contributed by atoms with E-state index in [9.17, 15) is 14.7 Å². The van der Waals surface area contributed by atoms with Gasteiger partial charge in [0.15, 0.2) is 0 Å². The van der Waals surface area contributed by atoms with E-state index in [2.05, 4.69) is 4.98 Å². The molecule has 7 heteroatoms. The number of aryl methyl sites for hydroxylation is 1. The summed E-state index contributed by atoms with van der Waals surface area (Å²) < 4.78 is 11.5. The first kappa shape index (κ1) is 21.6. The monoisotopic (exact) mass is 412 g/mol. The molecule has 2 aromatic rings. The Labute approximate surface area is 176 Å². The summed E-state index contributed by atoms with van der Waals surface area (Å²) in [6.07, 6.45) is 2.96. The number of pyridine rings is 1. The summed E-state index contributed by atoms with van der Waals surface area (Å²) >= 11 is 0. The highest BCUT2D eigenvalue weighted by molar-refractivity contribution is 5.89. The molecule has 3 rings (SSSR count). The Bertz CT molecular complexity index is 960. The number of carbonyl (C=O) groups is 2. The van der Waals surface area contributed by atoms with Gasteiger partial charge in [0, 0.05) is 18.3 Å². The van der Waals surface area contributed by atoms with E-state index in [1.807, 2.05) is 39.8 Å². The number of carboxylic acid groups (broad SMARTS) is 1. The summed E-state index contributed by atoms with van der Waals surface area (Å²) in [4.78, 5) is 29.7. The number of carbonyl (C=O) groups excluding carboxylic acids is 1. The van der Waals surface area contributed by atoms with Crippen LogP contribution in [0.25, 0.3) is 11.1 Å². The highest BCUT2D eigenvalue weighted by atomic mass is 16.6. The van der Waals surface area contributed by atoms with Crippen molar-refractivity contribution >= 4 is 12.1 Å². The molecule has 1 aliphatic carbocycles. The quantitative estimate of drug-likeness (QED) is 0.750. The maximum absolute atomic E-state index is 12.4. The fraction of sp³-hybridized carbons (Fsp3) is 0.435. The minimum atomic E-state index is -0.976. The second-order valence-corrected chi connectivity index (χ2v) is 8.74. The van der Waals surface area contributed by atoms with Crippen LogP contribution in [0.3, 0.4) is 0 Å². The van der Waals surface area contributed by atoms with E-state index in [0.717, 1.165) is 29.7 Å². The highest BCUT2D eigenvalue weighted by Gasteiger charge is 2.50. The molecule has 1 aliphatic rings. The van der Waals surface area contributed by atoms with E-state index in [0.29, 0.717) is 12.4 Å². The number of aromatic nitrogens is 1. The molecular weight excluding hydrogens is 384 g/mol. The van der Waals surface area contributed by atoms with Crippen molar-refractivity contribution in [1.82, 2.24) is 9.88 Å². The Morgan fingerprint density at radius 2 is 1.93 bits per heavy atom. The Morgan fingerprint density at radius 3 is 2.53 bits per heavy atom. The average molecular weight is 412 g/mol. The molecule has 30 heavy (non-hydrogen) atoms. The van der Waals surface area contributed by atoms with Crippen molar-refractivity contribution < 1.29 is 24.2 Å². The van der Waals surface area contributed by atoms with E-state index in [1.165, 1.54) is 0 Å². The molecule has 0 saturated heterocycles. The second kappa shape index (κ2) is 7.97. The number of hydrogen-bond acceptors (Lipinski definition) is 5. The van der Waals surface area contributed by atoms with Crippen molar-refractivity contribution in [3.05, 3.63) is 47.8 Å². The lowest BCUT2D eigenvalue weighted by molar-refractivity contribution is 0.0139. The van der Waals surface area contributed by atoms with Gasteiger partial charge in [-0.05, 0) is 64.3 Å². The number of carboxylic acids is 1. The first-order chi connectivity index (χ1) is 14.0. The predicted molar refractivity (Wildman–Crippen MR) is 113 cm³/mol. The number of benzene rings is 1. The third-order valence-electron chi connectivity index (χ3n) is 5.20. The van der Waals surface area contributed by atoms with Crippen molar-refractivity contribution in [2.75, 3.05) is 13.7 Å². The Hall–Kier alpha value is -3.09. The second-order valence-electron chi connectivity index (χ2n) is 8.74. The number of hydrogen-bond donors (Lipinski definition) is 1. The van der Waals surface area contributed by atoms with Crippen LogP contribution in [0.15, 0.2) is 36.5 Å². The number of amides is 1. The van der Waals surface area contributed by atoms with Crippen LogP contribution in [0.1, 0.15) is 49.7 Å². The smallest absolute Gasteiger partial charge is 0.410 e. The molecule has 160 valence electrons. The molecule has 0 bridgehead atoms. The maximum Gasteiger partial charge on any atom is 0.410 e. The molecule has 7 nitrogen and oxygen atoms in total. The molecule has 1 heterocycles. The fourth-order valence-corrected chi connectivity index (χ4v) is 3.17. The van der Waals surface area contributed by atoms with Crippen molar-refractivity contribution in [3.8, 4) is 16.9 Å². The standard InChI is InChI=1S/C23H28N2O5/c1-15-19(16-7-6-8-17(11-16)20(26)27)12-18(13-24-15)29-14-23(9-10-23)25(5)21(28)30-22(2,3)4/h6-8,11-13H,9-10,14H2,1-5H3,(H,26,27). The van der Waals surface area contributed by atoms with Crippen LogP contribution in [-0.2, 0) is 4.74 Å². The third kappa shape index (κ3) is 4.90. The van der Waals surface area contributed by atoms with Crippen molar-refractivity contribution in [3.63, 3.8) is 0 Å². The Kier molecular flexibility index (Phi) is 5.74. The van der Waals surface area contributed by atoms with Crippen molar-refractivity contribution in [2.24, 2.45) is 0 Å². The zero-order valence-corrected chi connectivity index (χ0v) is 18.1. The maximum atomic E-state index is 12.4. The lowest BCUT2D eigenvalue weighted by atomic mass is 10.0. The van der Waals surface area contributed by atoms with E-state index < -0.39 is 11.6 Å². The summed E-state index contributed by atoms with van der Waals surface area (Å²) in [5, 5.41) is 9.25. The van der Waals surface area contributed by atoms with Gasteiger partial charge in [-0.1, -0.05) is 12.1 Å². The molecule has 1 saturated carbocycles. The lowest BCUT2D eigenvalue weighted by Gasteiger charge is -2.30. The first-order valence-corrected chi connectivity index (χ1v) is 9.91. The van der Waals surface area contributed by atoms with Gasteiger partial charge in [-0.25, -0.2) is 9.59 Å². The van der Waals surface area contributed by atoms with Crippen molar-refractivity contribution in [2.45, 2.75) is 51.7 Å². The summed E-state index contributed by atoms with van der Waals surface area (Å²) in [5.41, 5.74) is 1.63. The van der Waals surface area contributed by atoms with Gasteiger partial charge in [-0.2, -0.15) is 0 Å². The topological polar surface area (TPSA) is 89.0 Å². The lowest BCUT2D eigenvalue weighted by Crippen LogP contribution is -2.45. The molecule has 0 unspecified atom stereocenters.